The van der Waals surface area contributed by atoms with E-state index in [9.17, 15) is 0 Å². The number of para-hydroxylation sites is 5. The van der Waals surface area contributed by atoms with E-state index in [1.807, 2.05) is 6.07 Å². The SMILES string of the molecule is C1=Cc2c(c3ccccc3n2-c2ccc3oc4ccc(-c5ccc6oc7ccc(-n8c9ccccc9n9c%10ccccc%10nc89)cc7c6c5)cc4c3c2)CC1. The van der Waals surface area contributed by atoms with Gasteiger partial charge in [0.15, 0.2) is 0 Å². The molecule has 0 spiro atoms. The van der Waals surface area contributed by atoms with Crippen LogP contribution >= 0.6 is 0 Å². The number of allylic oxidation sites excluding steroid dienone is 1. The van der Waals surface area contributed by atoms with Crippen LogP contribution in [0, 0.1) is 0 Å². The molecule has 0 amide bonds. The van der Waals surface area contributed by atoms with Gasteiger partial charge in [-0.3, -0.25) is 8.97 Å². The van der Waals surface area contributed by atoms with Gasteiger partial charge in [-0.2, -0.15) is 0 Å². The lowest BCUT2D eigenvalue weighted by Crippen LogP contribution is -2.00. The van der Waals surface area contributed by atoms with Gasteiger partial charge in [-0.15, -0.1) is 0 Å². The Hall–Kier alpha value is -7.31. The molecule has 12 aromatic rings. The average molecular weight is 707 g/mol. The van der Waals surface area contributed by atoms with E-state index in [-0.39, 0.29) is 0 Å². The second-order valence-corrected chi connectivity index (χ2v) is 14.7. The van der Waals surface area contributed by atoms with E-state index in [4.69, 9.17) is 13.8 Å². The van der Waals surface area contributed by atoms with Gasteiger partial charge < -0.3 is 13.4 Å². The Labute approximate surface area is 313 Å². The first kappa shape index (κ1) is 29.2. The van der Waals surface area contributed by atoms with Gasteiger partial charge >= 0.3 is 0 Å². The van der Waals surface area contributed by atoms with Crippen molar-refractivity contribution in [3.8, 4) is 22.5 Å². The number of aryl methyl sites for hydroxylation is 1. The van der Waals surface area contributed by atoms with E-state index >= 15 is 0 Å². The molecule has 0 radical (unpaired) electrons. The molecule has 0 saturated carbocycles. The van der Waals surface area contributed by atoms with E-state index in [1.54, 1.807) is 0 Å². The largest absolute Gasteiger partial charge is 0.456 e. The minimum Gasteiger partial charge on any atom is -0.456 e. The summed E-state index contributed by atoms with van der Waals surface area (Å²) in [6, 6.07) is 51.7. The second-order valence-electron chi connectivity index (χ2n) is 14.7. The summed E-state index contributed by atoms with van der Waals surface area (Å²) in [5, 5.41) is 5.69. The van der Waals surface area contributed by atoms with E-state index in [0.29, 0.717) is 0 Å². The number of rotatable bonds is 3. The van der Waals surface area contributed by atoms with Crippen LogP contribution < -0.4 is 0 Å². The number of imidazole rings is 2. The first-order valence-corrected chi connectivity index (χ1v) is 18.8. The van der Waals surface area contributed by atoms with E-state index in [1.165, 1.54) is 22.2 Å². The fraction of sp³-hybridized carbons (Fsp3) is 0.0408. The highest BCUT2D eigenvalue weighted by Crippen LogP contribution is 2.40. The van der Waals surface area contributed by atoms with Gasteiger partial charge in [0.2, 0.25) is 5.78 Å². The zero-order valence-electron chi connectivity index (χ0n) is 29.5. The Bertz CT molecular complexity index is 3620. The molecule has 0 bridgehead atoms. The molecule has 258 valence electrons. The highest BCUT2D eigenvalue weighted by molar-refractivity contribution is 6.10. The van der Waals surface area contributed by atoms with Crippen molar-refractivity contribution in [3.63, 3.8) is 0 Å². The molecule has 0 saturated heterocycles. The monoisotopic (exact) mass is 706 g/mol. The molecule has 1 aliphatic carbocycles. The fourth-order valence-electron chi connectivity index (χ4n) is 9.24. The number of aromatic nitrogens is 4. The Morgan fingerprint density at radius 1 is 0.473 bits per heavy atom. The number of nitrogens with zero attached hydrogens (tertiary/aromatic N) is 4. The van der Waals surface area contributed by atoms with Crippen molar-refractivity contribution >= 4 is 88.7 Å². The van der Waals surface area contributed by atoms with Crippen LogP contribution in [-0.4, -0.2) is 18.5 Å². The molecule has 1 aliphatic rings. The predicted molar refractivity (Wildman–Crippen MR) is 224 cm³/mol. The molecule has 0 atom stereocenters. The second kappa shape index (κ2) is 10.6. The lowest BCUT2D eigenvalue weighted by atomic mass is 10.0. The number of furan rings is 2. The molecule has 0 aliphatic heterocycles. The third-order valence-corrected chi connectivity index (χ3v) is 11.7. The maximum Gasteiger partial charge on any atom is 0.220 e. The summed E-state index contributed by atoms with van der Waals surface area (Å²) in [6.45, 7) is 0. The van der Waals surface area contributed by atoms with Crippen LogP contribution in [0.4, 0.5) is 0 Å². The van der Waals surface area contributed by atoms with Gasteiger partial charge in [-0.25, -0.2) is 4.98 Å². The smallest absolute Gasteiger partial charge is 0.220 e. The number of hydrogen-bond acceptors (Lipinski definition) is 3. The molecule has 13 rings (SSSR count). The zero-order valence-corrected chi connectivity index (χ0v) is 29.5. The Kier molecular flexibility index (Phi) is 5.65. The summed E-state index contributed by atoms with van der Waals surface area (Å²) < 4.78 is 19.8. The van der Waals surface area contributed by atoms with E-state index in [0.717, 1.165) is 107 Å². The minimum absolute atomic E-state index is 0.857. The normalized spacial score (nSPS) is 13.2. The Balaban J connectivity index is 0.964. The lowest BCUT2D eigenvalue weighted by molar-refractivity contribution is 0.668. The van der Waals surface area contributed by atoms with Crippen molar-refractivity contribution in [2.45, 2.75) is 12.8 Å². The van der Waals surface area contributed by atoms with Crippen LogP contribution in [0.3, 0.4) is 0 Å². The molecule has 6 heteroatoms. The summed E-state index contributed by atoms with van der Waals surface area (Å²) in [6.07, 6.45) is 6.71. The van der Waals surface area contributed by atoms with Crippen molar-refractivity contribution in [2.75, 3.05) is 0 Å². The van der Waals surface area contributed by atoms with Gasteiger partial charge in [0.25, 0.3) is 0 Å². The maximum absolute atomic E-state index is 6.42. The van der Waals surface area contributed by atoms with Gasteiger partial charge in [0, 0.05) is 38.3 Å². The number of hydrogen-bond donors (Lipinski definition) is 0. The summed E-state index contributed by atoms with van der Waals surface area (Å²) in [5.41, 5.74) is 16.2. The first-order valence-electron chi connectivity index (χ1n) is 18.8. The van der Waals surface area contributed by atoms with Crippen LogP contribution in [0.25, 0.3) is 111 Å². The van der Waals surface area contributed by atoms with Crippen molar-refractivity contribution in [3.05, 3.63) is 163 Å². The summed E-state index contributed by atoms with van der Waals surface area (Å²) in [5.74, 6) is 0.889. The van der Waals surface area contributed by atoms with Crippen molar-refractivity contribution < 1.29 is 8.83 Å². The van der Waals surface area contributed by atoms with Gasteiger partial charge in [0.05, 0.1) is 33.3 Å². The number of fused-ring (bicyclic) bond motifs is 14. The third kappa shape index (κ3) is 4.00. The zero-order chi connectivity index (χ0) is 35.8. The van der Waals surface area contributed by atoms with Crippen molar-refractivity contribution in [2.24, 2.45) is 0 Å². The third-order valence-electron chi connectivity index (χ3n) is 11.7. The van der Waals surface area contributed by atoms with Crippen LogP contribution in [0.2, 0.25) is 0 Å². The molecule has 55 heavy (non-hydrogen) atoms. The Morgan fingerprint density at radius 3 is 1.75 bits per heavy atom. The van der Waals surface area contributed by atoms with Gasteiger partial charge in [0.1, 0.15) is 22.3 Å². The topological polar surface area (TPSA) is 53.4 Å². The Morgan fingerprint density at radius 2 is 1.04 bits per heavy atom. The molecule has 0 N–H and O–H groups in total. The summed E-state index contributed by atoms with van der Waals surface area (Å²) >= 11 is 0. The summed E-state index contributed by atoms with van der Waals surface area (Å²) in [4.78, 5) is 5.10. The van der Waals surface area contributed by atoms with E-state index < -0.39 is 0 Å². The van der Waals surface area contributed by atoms with Crippen LogP contribution in [0.15, 0.2) is 161 Å². The van der Waals surface area contributed by atoms with Gasteiger partial charge in [-0.1, -0.05) is 60.7 Å². The molecule has 0 fully saturated rings. The number of benzene rings is 7. The molecule has 5 aromatic heterocycles. The van der Waals surface area contributed by atoms with Gasteiger partial charge in [-0.05, 0) is 127 Å². The molecule has 0 unspecified atom stereocenters. The lowest BCUT2D eigenvalue weighted by Gasteiger charge is -2.12. The van der Waals surface area contributed by atoms with Crippen LogP contribution in [-0.2, 0) is 6.42 Å². The molecule has 7 aromatic carbocycles. The van der Waals surface area contributed by atoms with E-state index in [2.05, 4.69) is 165 Å². The maximum atomic E-state index is 6.42. The minimum atomic E-state index is 0.857. The predicted octanol–water partition coefficient (Wildman–Crippen LogP) is 12.8. The van der Waals surface area contributed by atoms with Crippen molar-refractivity contribution in [1.82, 2.24) is 18.5 Å². The highest BCUT2D eigenvalue weighted by atomic mass is 16.3. The average Bonchev–Trinajstić information content (AvgIpc) is 4.04. The highest BCUT2D eigenvalue weighted by Gasteiger charge is 2.21. The quantitative estimate of drug-likeness (QED) is 0.184. The molecular formula is C49H30N4O2. The fourth-order valence-corrected chi connectivity index (χ4v) is 9.24. The van der Waals surface area contributed by atoms with Crippen LogP contribution in [0.1, 0.15) is 17.7 Å². The van der Waals surface area contributed by atoms with Crippen molar-refractivity contribution in [1.29, 1.82) is 0 Å². The standard InChI is InChI=1S/C49H30N4O2/c1-4-12-40-33(9-1)34-10-2-5-13-41(34)51(40)31-19-23-47-37(27-31)35-25-29(17-21-45(35)54-47)30-18-22-46-36(26-30)38-28-32(20-24-48(38)55-46)52-43-15-7-8-16-44(43)53-42-14-6-3-11-39(42)50-49(52)53/h1,3-9,11-28H,2,10H2. The molecular weight excluding hydrogens is 677 g/mol. The first-order chi connectivity index (χ1) is 27.2. The molecule has 6 nitrogen and oxygen atoms in total. The molecule has 5 heterocycles. The summed E-state index contributed by atoms with van der Waals surface area (Å²) in [7, 11) is 0. The van der Waals surface area contributed by atoms with Crippen LogP contribution in [0.5, 0.6) is 0 Å².